The minimum absolute atomic E-state index is 0.355. The van der Waals surface area contributed by atoms with E-state index in [0.717, 1.165) is 16.9 Å². The van der Waals surface area contributed by atoms with Crippen molar-refractivity contribution in [1.29, 1.82) is 0 Å². The molecule has 0 bridgehead atoms. The molecular weight excluding hydrogens is 236 g/mol. The lowest BCUT2D eigenvalue weighted by Gasteiger charge is -2.14. The van der Waals surface area contributed by atoms with Gasteiger partial charge in [-0.2, -0.15) is 0 Å². The summed E-state index contributed by atoms with van der Waals surface area (Å²) in [6.07, 6.45) is 3.56. The van der Waals surface area contributed by atoms with Crippen LogP contribution in [0.15, 0.2) is 42.7 Å². The molecule has 2 rings (SSSR count). The van der Waals surface area contributed by atoms with Gasteiger partial charge in [0.2, 0.25) is 0 Å². The first-order chi connectivity index (χ1) is 9.20. The van der Waals surface area contributed by atoms with Crippen LogP contribution in [0.4, 0.5) is 0 Å². The van der Waals surface area contributed by atoms with Crippen molar-refractivity contribution in [2.45, 2.75) is 26.5 Å². The Morgan fingerprint density at radius 1 is 1.21 bits per heavy atom. The van der Waals surface area contributed by atoms with E-state index in [1.807, 2.05) is 25.2 Å². The molecule has 0 saturated carbocycles. The quantitative estimate of drug-likeness (QED) is 0.891. The molecule has 0 aliphatic carbocycles. The molecule has 0 spiro atoms. The normalized spacial score (nSPS) is 12.2. The number of nitrogens with zero attached hydrogens (tertiary/aromatic N) is 1. The highest BCUT2D eigenvalue weighted by molar-refractivity contribution is 5.37. The molecule has 1 aromatic carbocycles. The summed E-state index contributed by atoms with van der Waals surface area (Å²) in [6.45, 7) is 4.80. The predicted molar refractivity (Wildman–Crippen MR) is 77.2 cm³/mol. The van der Waals surface area contributed by atoms with E-state index in [2.05, 4.69) is 36.3 Å². The van der Waals surface area contributed by atoms with Crippen LogP contribution in [0, 0.1) is 6.92 Å². The fourth-order valence-corrected chi connectivity index (χ4v) is 1.91. The molecule has 0 saturated heterocycles. The molecule has 3 heteroatoms. The fraction of sp³-hybridized carbons (Fsp3) is 0.312. The lowest BCUT2D eigenvalue weighted by Crippen LogP contribution is -2.12. The highest BCUT2D eigenvalue weighted by Crippen LogP contribution is 2.23. The van der Waals surface area contributed by atoms with Crippen LogP contribution in [-0.4, -0.2) is 12.0 Å². The van der Waals surface area contributed by atoms with Gasteiger partial charge in [-0.3, -0.25) is 4.98 Å². The van der Waals surface area contributed by atoms with Crippen molar-refractivity contribution in [3.8, 4) is 5.75 Å². The summed E-state index contributed by atoms with van der Waals surface area (Å²) in [5, 5.41) is 3.24. The molecule has 3 nitrogen and oxygen atoms in total. The zero-order valence-electron chi connectivity index (χ0n) is 11.7. The zero-order valence-corrected chi connectivity index (χ0v) is 11.7. The van der Waals surface area contributed by atoms with Crippen molar-refractivity contribution in [3.05, 3.63) is 59.4 Å². The minimum atomic E-state index is 0.355. The number of aromatic nitrogens is 1. The Hall–Kier alpha value is -1.87. The first kappa shape index (κ1) is 13.6. The monoisotopic (exact) mass is 256 g/mol. The zero-order chi connectivity index (χ0) is 13.7. The number of nitrogens with one attached hydrogen (secondary N) is 1. The van der Waals surface area contributed by atoms with Gasteiger partial charge in [0.05, 0.1) is 0 Å². The van der Waals surface area contributed by atoms with E-state index in [4.69, 9.17) is 4.74 Å². The summed E-state index contributed by atoms with van der Waals surface area (Å²) >= 11 is 0. The van der Waals surface area contributed by atoms with E-state index >= 15 is 0 Å². The molecule has 100 valence electrons. The van der Waals surface area contributed by atoms with Gasteiger partial charge in [-0.1, -0.05) is 12.1 Å². The second-order valence-corrected chi connectivity index (χ2v) is 4.68. The molecule has 1 atom stereocenters. The molecule has 2 aromatic rings. The molecule has 1 N–H and O–H groups in total. The van der Waals surface area contributed by atoms with E-state index < -0.39 is 0 Å². The molecule has 1 unspecified atom stereocenters. The Kier molecular flexibility index (Phi) is 4.53. The van der Waals surface area contributed by atoms with Gasteiger partial charge in [0, 0.05) is 18.4 Å². The highest BCUT2D eigenvalue weighted by atomic mass is 16.5. The van der Waals surface area contributed by atoms with Crippen LogP contribution in [0.2, 0.25) is 0 Å². The van der Waals surface area contributed by atoms with E-state index in [0.29, 0.717) is 12.6 Å². The van der Waals surface area contributed by atoms with E-state index in [9.17, 15) is 0 Å². The Morgan fingerprint density at radius 2 is 1.95 bits per heavy atom. The molecule has 0 fully saturated rings. The smallest absolute Gasteiger partial charge is 0.122 e. The van der Waals surface area contributed by atoms with Crippen LogP contribution in [0.5, 0.6) is 5.75 Å². The van der Waals surface area contributed by atoms with Gasteiger partial charge in [-0.15, -0.1) is 0 Å². The maximum atomic E-state index is 5.84. The first-order valence-electron chi connectivity index (χ1n) is 6.50. The topological polar surface area (TPSA) is 34.1 Å². The maximum Gasteiger partial charge on any atom is 0.122 e. The average Bonchev–Trinajstić information content (AvgIpc) is 2.46. The Bertz CT molecular complexity index is 526. The summed E-state index contributed by atoms with van der Waals surface area (Å²) in [4.78, 5) is 4.00. The summed E-state index contributed by atoms with van der Waals surface area (Å²) in [7, 11) is 1.97. The van der Waals surface area contributed by atoms with Crippen molar-refractivity contribution in [2.24, 2.45) is 0 Å². The van der Waals surface area contributed by atoms with E-state index in [-0.39, 0.29) is 0 Å². The molecular formula is C16H20N2O. The molecule has 1 heterocycles. The summed E-state index contributed by atoms with van der Waals surface area (Å²) < 4.78 is 5.84. The van der Waals surface area contributed by atoms with E-state index in [1.54, 1.807) is 12.4 Å². The minimum Gasteiger partial charge on any atom is -0.489 e. The second kappa shape index (κ2) is 6.34. The standard InChI is InChI=1S/C16H20N2O/c1-12-10-15(13(2)17-3)4-5-16(12)19-11-14-6-8-18-9-7-14/h4-10,13,17H,11H2,1-3H3. The van der Waals surface area contributed by atoms with Gasteiger partial charge in [-0.25, -0.2) is 0 Å². The SMILES string of the molecule is CNC(C)c1ccc(OCc2ccncc2)c(C)c1. The third kappa shape index (κ3) is 3.55. The van der Waals surface area contributed by atoms with Crippen molar-refractivity contribution in [1.82, 2.24) is 10.3 Å². The van der Waals surface area contributed by atoms with Gasteiger partial charge in [0.15, 0.2) is 0 Å². The van der Waals surface area contributed by atoms with Crippen LogP contribution in [0.3, 0.4) is 0 Å². The lowest BCUT2D eigenvalue weighted by molar-refractivity contribution is 0.304. The number of hydrogen-bond acceptors (Lipinski definition) is 3. The summed E-state index contributed by atoms with van der Waals surface area (Å²) in [6, 6.07) is 10.6. The van der Waals surface area contributed by atoms with E-state index in [1.165, 1.54) is 5.56 Å². The van der Waals surface area contributed by atoms with Crippen molar-refractivity contribution >= 4 is 0 Å². The molecule has 0 amide bonds. The highest BCUT2D eigenvalue weighted by Gasteiger charge is 2.06. The lowest BCUT2D eigenvalue weighted by atomic mass is 10.1. The summed E-state index contributed by atoms with van der Waals surface area (Å²) in [5.41, 5.74) is 3.56. The average molecular weight is 256 g/mol. The van der Waals surface area contributed by atoms with Crippen LogP contribution in [0.25, 0.3) is 0 Å². The van der Waals surface area contributed by atoms with Crippen molar-refractivity contribution in [2.75, 3.05) is 7.05 Å². The molecule has 1 aromatic heterocycles. The Morgan fingerprint density at radius 3 is 2.58 bits per heavy atom. The van der Waals surface area contributed by atoms with Gasteiger partial charge < -0.3 is 10.1 Å². The number of rotatable bonds is 5. The number of ether oxygens (including phenoxy) is 1. The second-order valence-electron chi connectivity index (χ2n) is 4.68. The van der Waals surface area contributed by atoms with Gasteiger partial charge >= 0.3 is 0 Å². The number of benzene rings is 1. The van der Waals surface area contributed by atoms with Gasteiger partial charge in [-0.05, 0) is 55.8 Å². The van der Waals surface area contributed by atoms with Crippen LogP contribution in [-0.2, 0) is 6.61 Å². The first-order valence-corrected chi connectivity index (χ1v) is 6.50. The number of hydrogen-bond donors (Lipinski definition) is 1. The maximum absolute atomic E-state index is 5.84. The predicted octanol–water partition coefficient (Wildman–Crippen LogP) is 3.25. The van der Waals surface area contributed by atoms with Crippen LogP contribution < -0.4 is 10.1 Å². The molecule has 0 aliphatic rings. The third-order valence-electron chi connectivity index (χ3n) is 3.28. The van der Waals surface area contributed by atoms with Crippen molar-refractivity contribution < 1.29 is 4.74 Å². The Balaban J connectivity index is 2.05. The van der Waals surface area contributed by atoms with Crippen LogP contribution in [0.1, 0.15) is 29.7 Å². The Labute approximate surface area is 114 Å². The van der Waals surface area contributed by atoms with Crippen LogP contribution >= 0.6 is 0 Å². The van der Waals surface area contributed by atoms with Gasteiger partial charge in [0.25, 0.3) is 0 Å². The number of pyridine rings is 1. The largest absolute Gasteiger partial charge is 0.489 e. The van der Waals surface area contributed by atoms with Gasteiger partial charge in [0.1, 0.15) is 12.4 Å². The molecule has 0 radical (unpaired) electrons. The molecule has 0 aliphatic heterocycles. The number of aryl methyl sites for hydroxylation is 1. The summed E-state index contributed by atoms with van der Waals surface area (Å²) in [5.74, 6) is 0.934. The van der Waals surface area contributed by atoms with Crippen molar-refractivity contribution in [3.63, 3.8) is 0 Å². The molecule has 19 heavy (non-hydrogen) atoms. The fourth-order valence-electron chi connectivity index (χ4n) is 1.91. The third-order valence-corrected chi connectivity index (χ3v) is 3.28.